The Labute approximate surface area is 136 Å². The summed E-state index contributed by atoms with van der Waals surface area (Å²) in [6.45, 7) is 0. The van der Waals surface area contributed by atoms with E-state index in [2.05, 4.69) is 9.97 Å². The first kappa shape index (κ1) is 16.1. The molecule has 4 nitrogen and oxygen atoms in total. The van der Waals surface area contributed by atoms with E-state index < -0.39 is 5.97 Å². The molecule has 1 aromatic heterocycles. The number of thioether (sulfide) groups is 2. The molecule has 110 valence electrons. The van der Waals surface area contributed by atoms with Crippen LogP contribution in [0.5, 0.6) is 0 Å². The van der Waals surface area contributed by atoms with Crippen LogP contribution in [0.25, 0.3) is 0 Å². The molecule has 0 unspecified atom stereocenters. The Bertz CT molecular complexity index is 638. The van der Waals surface area contributed by atoms with Crippen LogP contribution in [0.2, 0.25) is 5.15 Å². The monoisotopic (exact) mass is 340 g/mol. The van der Waals surface area contributed by atoms with Crippen molar-refractivity contribution in [3.8, 4) is 0 Å². The zero-order valence-corrected chi connectivity index (χ0v) is 13.9. The predicted molar refractivity (Wildman–Crippen MR) is 86.2 cm³/mol. The van der Waals surface area contributed by atoms with Gasteiger partial charge < -0.3 is 4.74 Å². The van der Waals surface area contributed by atoms with Crippen molar-refractivity contribution in [2.45, 2.75) is 15.9 Å². The standard InChI is InChI=1S/C14H13ClN2O2S2/c1-19-13(18)10-11(15)16-14(20-2)17-12(10)21-8-9-6-4-3-5-7-9/h3-7H,8H2,1-2H3. The van der Waals surface area contributed by atoms with Crippen molar-refractivity contribution in [1.82, 2.24) is 9.97 Å². The lowest BCUT2D eigenvalue weighted by Gasteiger charge is -2.09. The van der Waals surface area contributed by atoms with E-state index in [1.54, 1.807) is 0 Å². The largest absolute Gasteiger partial charge is 0.465 e. The lowest BCUT2D eigenvalue weighted by molar-refractivity contribution is 0.0595. The molecule has 21 heavy (non-hydrogen) atoms. The molecule has 0 bridgehead atoms. The van der Waals surface area contributed by atoms with E-state index in [1.165, 1.54) is 30.6 Å². The highest BCUT2D eigenvalue weighted by Crippen LogP contribution is 2.30. The minimum atomic E-state index is -0.525. The molecule has 0 aliphatic rings. The van der Waals surface area contributed by atoms with E-state index >= 15 is 0 Å². The van der Waals surface area contributed by atoms with Gasteiger partial charge in [-0.15, -0.1) is 11.8 Å². The molecule has 0 saturated heterocycles. The van der Waals surface area contributed by atoms with Crippen molar-refractivity contribution < 1.29 is 9.53 Å². The van der Waals surface area contributed by atoms with Crippen molar-refractivity contribution in [3.05, 3.63) is 46.6 Å². The van der Waals surface area contributed by atoms with Crippen LogP contribution >= 0.6 is 35.1 Å². The average Bonchev–Trinajstić information content (AvgIpc) is 2.52. The Kier molecular flexibility index (Phi) is 5.90. The molecule has 0 aliphatic heterocycles. The predicted octanol–water partition coefficient (Wildman–Crippen LogP) is 3.93. The van der Waals surface area contributed by atoms with Gasteiger partial charge in [-0.2, -0.15) is 0 Å². The number of carbonyl (C=O) groups is 1. The number of benzene rings is 1. The molecule has 2 aromatic rings. The van der Waals surface area contributed by atoms with E-state index in [-0.39, 0.29) is 10.7 Å². The summed E-state index contributed by atoms with van der Waals surface area (Å²) in [5.41, 5.74) is 1.36. The summed E-state index contributed by atoms with van der Waals surface area (Å²) in [7, 11) is 1.31. The molecule has 7 heteroatoms. The SMILES string of the molecule is COC(=O)c1c(Cl)nc(SC)nc1SCc1ccccc1. The molecule has 0 radical (unpaired) electrons. The van der Waals surface area contributed by atoms with E-state index in [0.717, 1.165) is 5.56 Å². The van der Waals surface area contributed by atoms with Gasteiger partial charge in [0.15, 0.2) is 5.16 Å². The normalized spacial score (nSPS) is 10.4. The van der Waals surface area contributed by atoms with E-state index in [1.807, 2.05) is 36.6 Å². The van der Waals surface area contributed by atoms with Crippen LogP contribution in [0.4, 0.5) is 0 Å². The third-order valence-corrected chi connectivity index (χ3v) is 4.47. The van der Waals surface area contributed by atoms with Crippen LogP contribution in [-0.2, 0) is 10.5 Å². The maximum atomic E-state index is 11.9. The van der Waals surface area contributed by atoms with Crippen molar-refractivity contribution in [2.75, 3.05) is 13.4 Å². The van der Waals surface area contributed by atoms with Gasteiger partial charge in [-0.25, -0.2) is 14.8 Å². The molecule has 1 aromatic carbocycles. The molecule has 0 spiro atoms. The summed E-state index contributed by atoms with van der Waals surface area (Å²) in [5, 5.41) is 1.19. The smallest absolute Gasteiger partial charge is 0.343 e. The van der Waals surface area contributed by atoms with Crippen molar-refractivity contribution >= 4 is 41.1 Å². The second-order valence-electron chi connectivity index (χ2n) is 3.95. The fourth-order valence-electron chi connectivity index (χ4n) is 1.59. The van der Waals surface area contributed by atoms with Gasteiger partial charge >= 0.3 is 5.97 Å². The number of carbonyl (C=O) groups excluding carboxylic acids is 1. The van der Waals surface area contributed by atoms with Gasteiger partial charge in [0.05, 0.1) is 7.11 Å². The Balaban J connectivity index is 2.31. The highest BCUT2D eigenvalue weighted by Gasteiger charge is 2.21. The summed E-state index contributed by atoms with van der Waals surface area (Å²) >= 11 is 8.90. The first-order valence-electron chi connectivity index (χ1n) is 6.02. The van der Waals surface area contributed by atoms with E-state index in [0.29, 0.717) is 15.9 Å². The third-order valence-electron chi connectivity index (χ3n) is 2.60. The summed E-state index contributed by atoms with van der Waals surface area (Å²) in [6, 6.07) is 9.93. The van der Waals surface area contributed by atoms with E-state index in [4.69, 9.17) is 16.3 Å². The Morgan fingerprint density at radius 3 is 2.62 bits per heavy atom. The Morgan fingerprint density at radius 1 is 1.29 bits per heavy atom. The summed E-state index contributed by atoms with van der Waals surface area (Å²) < 4.78 is 4.76. The van der Waals surface area contributed by atoms with Gasteiger partial charge in [-0.05, 0) is 11.8 Å². The molecule has 0 atom stereocenters. The minimum absolute atomic E-state index is 0.122. The Morgan fingerprint density at radius 2 is 2.00 bits per heavy atom. The average molecular weight is 341 g/mol. The number of hydrogen-bond acceptors (Lipinski definition) is 6. The number of halogens is 1. The van der Waals surface area contributed by atoms with Crippen LogP contribution in [0.15, 0.2) is 40.5 Å². The number of hydrogen-bond donors (Lipinski definition) is 0. The van der Waals surface area contributed by atoms with Crippen molar-refractivity contribution in [1.29, 1.82) is 0 Å². The lowest BCUT2D eigenvalue weighted by Crippen LogP contribution is -2.08. The number of rotatable bonds is 5. The molecule has 0 fully saturated rings. The quantitative estimate of drug-likeness (QED) is 0.356. The van der Waals surface area contributed by atoms with Gasteiger partial charge in [0.2, 0.25) is 0 Å². The van der Waals surface area contributed by atoms with Crippen LogP contribution in [0, 0.1) is 0 Å². The maximum Gasteiger partial charge on any atom is 0.343 e. The third kappa shape index (κ3) is 4.12. The number of methoxy groups -OCH3 is 1. The van der Waals surface area contributed by atoms with Crippen LogP contribution in [0.1, 0.15) is 15.9 Å². The van der Waals surface area contributed by atoms with Crippen molar-refractivity contribution in [3.63, 3.8) is 0 Å². The van der Waals surface area contributed by atoms with Crippen LogP contribution in [-0.4, -0.2) is 29.3 Å². The van der Waals surface area contributed by atoms with Gasteiger partial charge in [0, 0.05) is 5.75 Å². The molecular weight excluding hydrogens is 328 g/mol. The molecule has 2 rings (SSSR count). The number of esters is 1. The fourth-order valence-corrected chi connectivity index (χ4v) is 3.34. The summed E-state index contributed by atoms with van der Waals surface area (Å²) in [4.78, 5) is 20.3. The van der Waals surface area contributed by atoms with E-state index in [9.17, 15) is 4.79 Å². The molecular formula is C14H13ClN2O2S2. The highest BCUT2D eigenvalue weighted by molar-refractivity contribution is 7.99. The molecule has 0 N–H and O–H groups in total. The molecule has 1 heterocycles. The van der Waals surface area contributed by atoms with Gasteiger partial charge in [-0.3, -0.25) is 0 Å². The number of ether oxygens (including phenoxy) is 1. The zero-order valence-electron chi connectivity index (χ0n) is 11.5. The molecule has 0 aliphatic carbocycles. The van der Waals surface area contributed by atoms with Gasteiger partial charge in [0.1, 0.15) is 15.7 Å². The lowest BCUT2D eigenvalue weighted by atomic mass is 10.2. The number of aromatic nitrogens is 2. The zero-order chi connectivity index (χ0) is 15.2. The second-order valence-corrected chi connectivity index (χ2v) is 6.04. The minimum Gasteiger partial charge on any atom is -0.465 e. The Hall–Kier alpha value is -1.24. The summed E-state index contributed by atoms with van der Waals surface area (Å²) in [5.74, 6) is 0.162. The molecule has 0 amide bonds. The first-order valence-corrected chi connectivity index (χ1v) is 8.61. The van der Waals surface area contributed by atoms with Crippen molar-refractivity contribution in [2.24, 2.45) is 0 Å². The maximum absolute atomic E-state index is 11.9. The second kappa shape index (κ2) is 7.68. The topological polar surface area (TPSA) is 52.1 Å². The van der Waals surface area contributed by atoms with Crippen LogP contribution in [0.3, 0.4) is 0 Å². The fraction of sp³-hybridized carbons (Fsp3) is 0.214. The molecule has 0 saturated carbocycles. The summed E-state index contributed by atoms with van der Waals surface area (Å²) in [6.07, 6.45) is 1.86. The number of nitrogens with zero attached hydrogens (tertiary/aromatic N) is 2. The van der Waals surface area contributed by atoms with Gasteiger partial charge in [-0.1, -0.05) is 53.7 Å². The highest BCUT2D eigenvalue weighted by atomic mass is 35.5. The van der Waals surface area contributed by atoms with Gasteiger partial charge in [0.25, 0.3) is 0 Å². The first-order chi connectivity index (χ1) is 10.2. The van der Waals surface area contributed by atoms with Crippen LogP contribution < -0.4 is 0 Å².